The number of ether oxygens (including phenoxy) is 1. The predicted molar refractivity (Wildman–Crippen MR) is 86.5 cm³/mol. The van der Waals surface area contributed by atoms with Gasteiger partial charge in [-0.1, -0.05) is 30.3 Å². The van der Waals surface area contributed by atoms with E-state index in [4.69, 9.17) is 10.5 Å². The number of β-lactam (4-membered cyclic amide) rings is 1. The van der Waals surface area contributed by atoms with E-state index in [0.717, 1.165) is 10.4 Å². The Morgan fingerprint density at radius 3 is 2.78 bits per heavy atom. The molecule has 0 bridgehead atoms. The third-order valence-corrected chi connectivity index (χ3v) is 4.67. The molecule has 1 aliphatic heterocycles. The molecule has 3 rings (SSSR count). The Hall–Kier alpha value is -2.41. The summed E-state index contributed by atoms with van der Waals surface area (Å²) >= 11 is 1.40. The third kappa shape index (κ3) is 3.68. The maximum Gasteiger partial charge on any atom is 0.329 e. The Morgan fingerprint density at radius 2 is 2.13 bits per heavy atom. The Kier molecular flexibility index (Phi) is 4.57. The fraction of sp³-hybridized carbons (Fsp3) is 0.312. The van der Waals surface area contributed by atoms with Crippen molar-refractivity contribution in [3.05, 3.63) is 47.0 Å². The van der Waals surface area contributed by atoms with Gasteiger partial charge in [-0.15, -0.1) is 11.3 Å². The highest BCUT2D eigenvalue weighted by molar-refractivity contribution is 7.15. The highest BCUT2D eigenvalue weighted by Gasteiger charge is 2.44. The van der Waals surface area contributed by atoms with Crippen LogP contribution in [0.1, 0.15) is 16.9 Å². The van der Waals surface area contributed by atoms with Gasteiger partial charge in [-0.3, -0.25) is 4.79 Å². The van der Waals surface area contributed by atoms with Crippen molar-refractivity contribution in [1.82, 2.24) is 10.3 Å². The predicted octanol–water partition coefficient (Wildman–Crippen LogP) is 1.52. The maximum atomic E-state index is 12.1. The molecule has 0 unspecified atom stereocenters. The van der Waals surface area contributed by atoms with Crippen LogP contribution in [0.25, 0.3) is 0 Å². The molecule has 0 radical (unpaired) electrons. The molecule has 0 spiro atoms. The number of nitrogens with two attached hydrogens (primary N) is 1. The zero-order valence-corrected chi connectivity index (χ0v) is 13.2. The number of benzene rings is 1. The van der Waals surface area contributed by atoms with Crippen molar-refractivity contribution in [3.63, 3.8) is 0 Å². The van der Waals surface area contributed by atoms with Crippen molar-refractivity contribution in [3.8, 4) is 0 Å². The lowest BCUT2D eigenvalue weighted by Gasteiger charge is -2.34. The van der Waals surface area contributed by atoms with Gasteiger partial charge in [-0.2, -0.15) is 0 Å². The summed E-state index contributed by atoms with van der Waals surface area (Å²) in [7, 11) is 0. The first-order valence-electron chi connectivity index (χ1n) is 7.34. The van der Waals surface area contributed by atoms with Crippen LogP contribution in [-0.4, -0.2) is 22.9 Å². The van der Waals surface area contributed by atoms with Crippen molar-refractivity contribution in [2.45, 2.75) is 25.5 Å². The molecule has 1 aromatic heterocycles. The van der Waals surface area contributed by atoms with Gasteiger partial charge < -0.3 is 15.8 Å². The van der Waals surface area contributed by atoms with Gasteiger partial charge in [-0.05, 0) is 18.4 Å². The number of hydrogen-bond donors (Lipinski definition) is 2. The Bertz CT molecular complexity index is 702. The summed E-state index contributed by atoms with van der Waals surface area (Å²) in [5, 5.41) is 3.13. The molecule has 1 amide bonds. The van der Waals surface area contributed by atoms with E-state index in [0.29, 0.717) is 18.0 Å². The number of nitrogens with one attached hydrogen (secondary N) is 1. The maximum absolute atomic E-state index is 12.1. The number of amides is 1. The van der Waals surface area contributed by atoms with Crippen molar-refractivity contribution >= 4 is 28.3 Å². The van der Waals surface area contributed by atoms with Crippen LogP contribution in [0.5, 0.6) is 0 Å². The summed E-state index contributed by atoms with van der Waals surface area (Å²) in [5.41, 5.74) is 6.50. The molecule has 1 fully saturated rings. The van der Waals surface area contributed by atoms with Gasteiger partial charge in [0.1, 0.15) is 12.6 Å². The van der Waals surface area contributed by atoms with Gasteiger partial charge in [0.25, 0.3) is 0 Å². The van der Waals surface area contributed by atoms with Crippen LogP contribution in [0.2, 0.25) is 0 Å². The van der Waals surface area contributed by atoms with Gasteiger partial charge in [0, 0.05) is 11.1 Å². The van der Waals surface area contributed by atoms with E-state index in [-0.39, 0.29) is 24.4 Å². The van der Waals surface area contributed by atoms with E-state index in [1.54, 1.807) is 6.20 Å². The SMILES string of the molecule is Nc1ncc(CC[C@H]2C(=O)N[C@@H]2C(=O)OCc2ccccc2)s1. The van der Waals surface area contributed by atoms with E-state index in [9.17, 15) is 9.59 Å². The lowest BCUT2D eigenvalue weighted by Crippen LogP contribution is -2.62. The van der Waals surface area contributed by atoms with Crippen LogP contribution < -0.4 is 11.1 Å². The van der Waals surface area contributed by atoms with Crippen molar-refractivity contribution < 1.29 is 14.3 Å². The smallest absolute Gasteiger partial charge is 0.329 e. The molecule has 1 aromatic carbocycles. The molecular weight excluding hydrogens is 314 g/mol. The zero-order valence-electron chi connectivity index (χ0n) is 12.4. The summed E-state index contributed by atoms with van der Waals surface area (Å²) in [6.45, 7) is 0.212. The normalized spacial score (nSPS) is 19.7. The molecular formula is C16H17N3O3S. The number of rotatable bonds is 6. The summed E-state index contributed by atoms with van der Waals surface area (Å²) < 4.78 is 5.28. The lowest BCUT2D eigenvalue weighted by atomic mass is 9.86. The first-order valence-corrected chi connectivity index (χ1v) is 8.16. The Balaban J connectivity index is 1.50. The molecule has 120 valence electrons. The fourth-order valence-electron chi connectivity index (χ4n) is 2.49. The lowest BCUT2D eigenvalue weighted by molar-refractivity contribution is -0.159. The standard InChI is InChI=1S/C16H17N3O3S/c17-16-18-8-11(23-16)6-7-12-13(19-14(12)20)15(21)22-9-10-4-2-1-3-5-10/h1-5,8,12-13H,6-7,9H2,(H2,17,18)(H,19,20)/t12-,13+/m1/s1. The summed E-state index contributed by atoms with van der Waals surface area (Å²) in [4.78, 5) is 28.8. The largest absolute Gasteiger partial charge is 0.459 e. The second kappa shape index (κ2) is 6.78. The average Bonchev–Trinajstić information content (AvgIpc) is 2.96. The van der Waals surface area contributed by atoms with Crippen molar-refractivity contribution in [2.75, 3.05) is 5.73 Å². The molecule has 2 aromatic rings. The van der Waals surface area contributed by atoms with Gasteiger partial charge in [0.05, 0.1) is 5.92 Å². The number of thiazole rings is 1. The van der Waals surface area contributed by atoms with E-state index in [1.807, 2.05) is 30.3 Å². The molecule has 1 aliphatic rings. The Labute approximate surface area is 137 Å². The quantitative estimate of drug-likeness (QED) is 0.618. The zero-order chi connectivity index (χ0) is 16.2. The number of aryl methyl sites for hydroxylation is 1. The van der Waals surface area contributed by atoms with Gasteiger partial charge in [0.15, 0.2) is 5.13 Å². The average molecular weight is 331 g/mol. The van der Waals surface area contributed by atoms with Gasteiger partial charge in [-0.25, -0.2) is 9.78 Å². The number of carbonyl (C=O) groups excluding carboxylic acids is 2. The fourth-order valence-corrected chi connectivity index (χ4v) is 3.19. The molecule has 2 atom stereocenters. The monoisotopic (exact) mass is 331 g/mol. The van der Waals surface area contributed by atoms with Crippen molar-refractivity contribution in [1.29, 1.82) is 0 Å². The van der Waals surface area contributed by atoms with Crippen LogP contribution in [0, 0.1) is 5.92 Å². The summed E-state index contributed by atoms with van der Waals surface area (Å²) in [6.07, 6.45) is 2.97. The number of aromatic nitrogens is 1. The molecule has 2 heterocycles. The number of hydrogen-bond acceptors (Lipinski definition) is 6. The second-order valence-electron chi connectivity index (χ2n) is 5.39. The number of nitrogens with zero attached hydrogens (tertiary/aromatic N) is 1. The van der Waals surface area contributed by atoms with Crippen LogP contribution in [0.3, 0.4) is 0 Å². The third-order valence-electron chi connectivity index (χ3n) is 3.79. The van der Waals surface area contributed by atoms with Crippen LogP contribution in [0.15, 0.2) is 36.5 Å². The first-order chi connectivity index (χ1) is 11.1. The van der Waals surface area contributed by atoms with Gasteiger partial charge >= 0.3 is 5.97 Å². The number of esters is 1. The Morgan fingerprint density at radius 1 is 1.35 bits per heavy atom. The highest BCUT2D eigenvalue weighted by Crippen LogP contribution is 2.25. The number of nitrogen functional groups attached to an aromatic ring is 1. The van der Waals surface area contributed by atoms with Gasteiger partial charge in [0.2, 0.25) is 5.91 Å². The summed E-state index contributed by atoms with van der Waals surface area (Å²) in [5.74, 6) is -0.840. The van der Waals surface area contributed by atoms with Crippen LogP contribution in [0.4, 0.5) is 5.13 Å². The van der Waals surface area contributed by atoms with Crippen LogP contribution >= 0.6 is 11.3 Å². The van der Waals surface area contributed by atoms with E-state index < -0.39 is 6.04 Å². The molecule has 0 saturated carbocycles. The van der Waals surface area contributed by atoms with E-state index in [2.05, 4.69) is 10.3 Å². The summed E-state index contributed by atoms with van der Waals surface area (Å²) in [6, 6.07) is 8.89. The molecule has 7 heteroatoms. The second-order valence-corrected chi connectivity index (χ2v) is 6.54. The molecule has 3 N–H and O–H groups in total. The highest BCUT2D eigenvalue weighted by atomic mass is 32.1. The molecule has 6 nitrogen and oxygen atoms in total. The van der Waals surface area contributed by atoms with Crippen molar-refractivity contribution in [2.24, 2.45) is 5.92 Å². The minimum Gasteiger partial charge on any atom is -0.459 e. The van der Waals surface area contributed by atoms with E-state index >= 15 is 0 Å². The number of carbonyl (C=O) groups is 2. The topological polar surface area (TPSA) is 94.3 Å². The minimum absolute atomic E-state index is 0.107. The minimum atomic E-state index is -0.559. The van der Waals surface area contributed by atoms with Crippen LogP contribution in [-0.2, 0) is 27.4 Å². The molecule has 1 saturated heterocycles. The molecule has 0 aliphatic carbocycles. The molecule has 23 heavy (non-hydrogen) atoms. The van der Waals surface area contributed by atoms with E-state index in [1.165, 1.54) is 11.3 Å². The first kappa shape index (κ1) is 15.5. The number of anilines is 1.